The average molecular weight is 313 g/mol. The number of benzene rings is 1. The number of piperazine rings is 1. The Balaban J connectivity index is -0.000000810. The van der Waals surface area contributed by atoms with Gasteiger partial charge in [-0.05, 0) is 31.7 Å². The number of anilines is 1. The van der Waals surface area contributed by atoms with Gasteiger partial charge >= 0.3 is 24.8 Å². The second kappa shape index (κ2) is 10.9. The summed E-state index contributed by atoms with van der Waals surface area (Å²) in [4.78, 5) is 15.6. The number of hydrogen-bond acceptors (Lipinski definition) is 4. The van der Waals surface area contributed by atoms with Gasteiger partial charge in [-0.3, -0.25) is 0 Å². The Morgan fingerprint density at radius 2 is 1.71 bits per heavy atom. The van der Waals surface area contributed by atoms with E-state index in [0.717, 1.165) is 37.4 Å². The molecule has 0 spiro atoms. The van der Waals surface area contributed by atoms with Crippen LogP contribution in [0.1, 0.15) is 15.9 Å². The number of carboxylic acid groups (broad SMARTS) is 1. The van der Waals surface area contributed by atoms with Crippen molar-refractivity contribution in [3.8, 4) is 0 Å². The first kappa shape index (κ1) is 25.2. The first-order chi connectivity index (χ1) is 8.08. The van der Waals surface area contributed by atoms with Crippen molar-refractivity contribution < 1.29 is 39.7 Å². The Kier molecular flexibility index (Phi) is 13.1. The number of aryl methyl sites for hydroxylation is 1. The maximum Gasteiger partial charge on any atom is 1.00 e. The van der Waals surface area contributed by atoms with Crippen molar-refractivity contribution in [3.63, 3.8) is 0 Å². The molecule has 0 radical (unpaired) electrons. The van der Waals surface area contributed by atoms with Gasteiger partial charge < -0.3 is 25.9 Å². The monoisotopic (exact) mass is 312 g/mol. The topological polar surface area (TPSA) is 105 Å². The van der Waals surface area contributed by atoms with E-state index in [1.54, 1.807) is 6.07 Å². The van der Waals surface area contributed by atoms with Gasteiger partial charge in [0.1, 0.15) is 0 Å². The number of likely N-dealkylation sites (N-methyl/N-ethyl adjacent to an activating group) is 1. The van der Waals surface area contributed by atoms with Gasteiger partial charge in [0.05, 0.1) is 5.56 Å². The molecule has 4 N–H and O–H groups in total. The zero-order chi connectivity index (χ0) is 12.4. The van der Waals surface area contributed by atoms with Crippen LogP contribution in [0, 0.1) is 6.92 Å². The summed E-state index contributed by atoms with van der Waals surface area (Å²) < 4.78 is 0. The first-order valence-corrected chi connectivity index (χ1v) is 5.85. The molecule has 0 unspecified atom stereocenters. The molecule has 1 fully saturated rings. The van der Waals surface area contributed by atoms with E-state index in [1.165, 1.54) is 0 Å². The Labute approximate surface area is 143 Å². The molecule has 0 aliphatic carbocycles. The molecule has 8 heteroatoms. The summed E-state index contributed by atoms with van der Waals surface area (Å²) in [5, 5.41) is 9.10. The predicted molar refractivity (Wildman–Crippen MR) is 80.6 cm³/mol. The van der Waals surface area contributed by atoms with Crippen LogP contribution in [0.15, 0.2) is 18.2 Å². The summed E-state index contributed by atoms with van der Waals surface area (Å²) in [5.41, 5.74) is 2.23. The molecule has 6 nitrogen and oxygen atoms in total. The molecular formula is C13H22ClLiN2O4. The maximum absolute atomic E-state index is 11.1. The fourth-order valence-electron chi connectivity index (χ4n) is 2.10. The van der Waals surface area contributed by atoms with E-state index < -0.39 is 5.97 Å². The van der Waals surface area contributed by atoms with Gasteiger partial charge in [0.15, 0.2) is 0 Å². The smallest absolute Gasteiger partial charge is 0.870 e. The fourth-order valence-corrected chi connectivity index (χ4v) is 2.10. The van der Waals surface area contributed by atoms with Crippen molar-refractivity contribution in [1.82, 2.24) is 4.90 Å². The molecule has 0 saturated carbocycles. The van der Waals surface area contributed by atoms with Crippen molar-refractivity contribution >= 4 is 24.1 Å². The van der Waals surface area contributed by atoms with Gasteiger partial charge in [0.25, 0.3) is 0 Å². The van der Waals surface area contributed by atoms with Crippen LogP contribution < -0.4 is 23.8 Å². The third-order valence-corrected chi connectivity index (χ3v) is 3.32. The number of carbonyl (C=O) groups is 1. The van der Waals surface area contributed by atoms with Crippen LogP contribution in [0.25, 0.3) is 0 Å². The van der Waals surface area contributed by atoms with Crippen LogP contribution in [0.4, 0.5) is 5.69 Å². The summed E-state index contributed by atoms with van der Waals surface area (Å²) in [6, 6.07) is 5.67. The van der Waals surface area contributed by atoms with E-state index in [-0.39, 0.29) is 42.2 Å². The molecule has 0 amide bonds. The number of halogens is 1. The standard InChI is InChI=1S/C13H18N2O2.ClH.Li.2H2O/c1-10-3-4-11(9-12(10)13(16)17)15-7-5-14(2)6-8-15;;;;/h3-4,9H,5-8H2,1-2H3,(H,16,17);1H;;2*1H2/q;;+1;;/p-1. The van der Waals surface area contributed by atoms with Gasteiger partial charge in [-0.25, -0.2) is 4.79 Å². The average Bonchev–Trinajstić information content (AvgIpc) is 2.30. The molecule has 1 aliphatic rings. The Morgan fingerprint density at radius 3 is 2.19 bits per heavy atom. The number of hydrogen-bond donors (Lipinski definition) is 1. The minimum Gasteiger partial charge on any atom is -0.870 e. The SMILES string of the molecule is Cc1ccc(N2CCN(C)CC2)cc1C(=O)O.Cl.O.[Li+].[OH-]. The molecule has 21 heavy (non-hydrogen) atoms. The number of carboxylic acids is 1. The van der Waals surface area contributed by atoms with Gasteiger partial charge in [-0.1, -0.05) is 6.07 Å². The van der Waals surface area contributed by atoms with Crippen LogP contribution >= 0.6 is 12.4 Å². The van der Waals surface area contributed by atoms with Crippen LogP contribution in [-0.2, 0) is 0 Å². The maximum atomic E-state index is 11.1. The first-order valence-electron chi connectivity index (χ1n) is 5.85. The summed E-state index contributed by atoms with van der Waals surface area (Å²) in [7, 11) is 2.11. The number of aromatic carboxylic acids is 1. The van der Waals surface area contributed by atoms with Crippen LogP contribution in [0.3, 0.4) is 0 Å². The number of rotatable bonds is 2. The van der Waals surface area contributed by atoms with Crippen LogP contribution in [0.2, 0.25) is 0 Å². The third kappa shape index (κ3) is 6.26. The van der Waals surface area contributed by atoms with E-state index >= 15 is 0 Å². The van der Waals surface area contributed by atoms with E-state index in [2.05, 4.69) is 16.8 Å². The molecule has 2 rings (SSSR count). The van der Waals surface area contributed by atoms with Crippen LogP contribution in [-0.4, -0.2) is 60.2 Å². The minimum atomic E-state index is -0.849. The van der Waals surface area contributed by atoms with E-state index in [4.69, 9.17) is 5.11 Å². The molecule has 1 saturated heterocycles. The van der Waals surface area contributed by atoms with Gasteiger partial charge in [0.2, 0.25) is 0 Å². The minimum absolute atomic E-state index is 0. The second-order valence-corrected chi connectivity index (χ2v) is 4.59. The predicted octanol–water partition coefficient (Wildman–Crippen LogP) is -2.13. The summed E-state index contributed by atoms with van der Waals surface area (Å²) in [6.45, 7) is 5.79. The molecule has 0 atom stereocenters. The Morgan fingerprint density at radius 1 is 1.19 bits per heavy atom. The Hall–Kier alpha value is -0.743. The quantitative estimate of drug-likeness (QED) is 0.628. The molecular weight excluding hydrogens is 291 g/mol. The third-order valence-electron chi connectivity index (χ3n) is 3.32. The van der Waals surface area contributed by atoms with Crippen molar-refractivity contribution in [2.75, 3.05) is 38.1 Å². The van der Waals surface area contributed by atoms with E-state index in [1.807, 2.05) is 19.1 Å². The normalized spacial score (nSPS) is 13.9. The molecule has 116 valence electrons. The molecule has 1 aromatic rings. The van der Waals surface area contributed by atoms with Crippen molar-refractivity contribution in [2.24, 2.45) is 0 Å². The fraction of sp³-hybridized carbons (Fsp3) is 0.462. The van der Waals surface area contributed by atoms with Gasteiger partial charge in [-0.15, -0.1) is 12.4 Å². The van der Waals surface area contributed by atoms with E-state index in [0.29, 0.717) is 5.56 Å². The molecule has 0 bridgehead atoms. The molecule has 0 aromatic heterocycles. The van der Waals surface area contributed by atoms with Gasteiger partial charge in [0, 0.05) is 31.9 Å². The molecule has 1 heterocycles. The largest absolute Gasteiger partial charge is 1.00 e. The van der Waals surface area contributed by atoms with Gasteiger partial charge in [-0.2, -0.15) is 0 Å². The second-order valence-electron chi connectivity index (χ2n) is 4.59. The Bertz CT molecular complexity index is 440. The summed E-state index contributed by atoms with van der Waals surface area (Å²) >= 11 is 0. The number of nitrogens with zero attached hydrogens (tertiary/aromatic N) is 2. The molecule has 1 aliphatic heterocycles. The zero-order valence-electron chi connectivity index (χ0n) is 12.7. The summed E-state index contributed by atoms with van der Waals surface area (Å²) in [6.07, 6.45) is 0. The van der Waals surface area contributed by atoms with Crippen molar-refractivity contribution in [1.29, 1.82) is 0 Å². The molecule has 1 aromatic carbocycles. The van der Waals surface area contributed by atoms with Crippen LogP contribution in [0.5, 0.6) is 0 Å². The van der Waals surface area contributed by atoms with Crippen molar-refractivity contribution in [2.45, 2.75) is 6.92 Å². The van der Waals surface area contributed by atoms with E-state index in [9.17, 15) is 4.79 Å². The zero-order valence-corrected chi connectivity index (χ0v) is 13.5. The summed E-state index contributed by atoms with van der Waals surface area (Å²) in [5.74, 6) is -0.849. The van der Waals surface area contributed by atoms with Crippen molar-refractivity contribution in [3.05, 3.63) is 29.3 Å².